The van der Waals surface area contributed by atoms with E-state index in [1.165, 1.54) is 52.0 Å². The summed E-state index contributed by atoms with van der Waals surface area (Å²) in [5.74, 6) is -2.32. The summed E-state index contributed by atoms with van der Waals surface area (Å²) in [5.41, 5.74) is 0. The topological polar surface area (TPSA) is 133 Å². The molecule has 0 aliphatic heterocycles. The molecule has 0 aliphatic rings. The fraction of sp³-hybridized carbons (Fsp3) is 0.833. The Hall–Kier alpha value is -2.12. The molecule has 2 amide bonds. The summed E-state index contributed by atoms with van der Waals surface area (Å²) in [6.07, 6.45) is 16.4. The van der Waals surface area contributed by atoms with Crippen LogP contribution in [0.25, 0.3) is 0 Å². The Kier molecular flexibility index (Phi) is 19.4. The van der Waals surface area contributed by atoms with Crippen LogP contribution < -0.4 is 10.6 Å². The van der Waals surface area contributed by atoms with Gasteiger partial charge < -0.3 is 20.8 Å². The predicted molar refractivity (Wildman–Crippen MR) is 124 cm³/mol. The molecule has 0 aliphatic carbocycles. The van der Waals surface area contributed by atoms with Gasteiger partial charge in [-0.3, -0.25) is 14.4 Å². The van der Waals surface area contributed by atoms with Crippen LogP contribution in [0.15, 0.2) is 0 Å². The molecule has 0 fully saturated rings. The minimum absolute atomic E-state index is 0.0718. The van der Waals surface area contributed by atoms with E-state index in [9.17, 15) is 19.2 Å². The molecule has 186 valence electrons. The third-order valence-electron chi connectivity index (χ3n) is 5.62. The highest BCUT2D eigenvalue weighted by Crippen LogP contribution is 2.14. The van der Waals surface area contributed by atoms with E-state index >= 15 is 0 Å². The molecule has 0 saturated heterocycles. The Morgan fingerprint density at radius 3 is 1.38 bits per heavy atom. The Morgan fingerprint density at radius 2 is 1.00 bits per heavy atom. The molecule has 0 saturated carbocycles. The molecule has 0 radical (unpaired) electrons. The van der Waals surface area contributed by atoms with Gasteiger partial charge in [-0.15, -0.1) is 0 Å². The van der Waals surface area contributed by atoms with Gasteiger partial charge in [0.15, 0.2) is 0 Å². The standard InChI is InChI=1S/C24H44N2O6/c1-25-21(27)19-18-20(24(31)32)26-22(28)16-14-12-10-8-6-4-2-3-5-7-9-11-13-15-17-23(29)30/h20H,2-19H2,1H3,(H,25,27)(H,26,28)(H,29,30)(H,31,32). The first-order valence-corrected chi connectivity index (χ1v) is 12.3. The fourth-order valence-electron chi connectivity index (χ4n) is 3.61. The number of unbranched alkanes of at least 4 members (excludes halogenated alkanes) is 13. The number of hydrogen-bond donors (Lipinski definition) is 4. The van der Waals surface area contributed by atoms with E-state index in [4.69, 9.17) is 10.2 Å². The zero-order valence-electron chi connectivity index (χ0n) is 19.8. The first-order chi connectivity index (χ1) is 15.4. The van der Waals surface area contributed by atoms with E-state index in [2.05, 4.69) is 10.6 Å². The fourth-order valence-corrected chi connectivity index (χ4v) is 3.61. The third-order valence-corrected chi connectivity index (χ3v) is 5.62. The first kappa shape index (κ1) is 29.9. The number of rotatable bonds is 22. The first-order valence-electron chi connectivity index (χ1n) is 12.3. The van der Waals surface area contributed by atoms with Gasteiger partial charge in [-0.1, -0.05) is 77.0 Å². The van der Waals surface area contributed by atoms with Gasteiger partial charge >= 0.3 is 11.9 Å². The SMILES string of the molecule is CNC(=O)CCC(NC(=O)CCCCCCCCCCCCCCCCC(=O)O)C(=O)O. The van der Waals surface area contributed by atoms with E-state index in [1.54, 1.807) is 0 Å². The molecule has 1 unspecified atom stereocenters. The number of nitrogens with one attached hydrogen (secondary N) is 2. The van der Waals surface area contributed by atoms with Gasteiger partial charge in [0.25, 0.3) is 0 Å². The highest BCUT2D eigenvalue weighted by molar-refractivity contribution is 5.84. The van der Waals surface area contributed by atoms with Gasteiger partial charge in [-0.2, -0.15) is 0 Å². The van der Waals surface area contributed by atoms with Gasteiger partial charge in [0.2, 0.25) is 11.8 Å². The minimum atomic E-state index is -1.11. The zero-order valence-corrected chi connectivity index (χ0v) is 19.8. The normalized spacial score (nSPS) is 11.7. The van der Waals surface area contributed by atoms with Crippen molar-refractivity contribution in [1.82, 2.24) is 10.6 Å². The number of carbonyl (C=O) groups excluding carboxylic acids is 2. The molecule has 1 atom stereocenters. The van der Waals surface area contributed by atoms with Crippen LogP contribution in [0, 0.1) is 0 Å². The summed E-state index contributed by atoms with van der Waals surface area (Å²) in [6.45, 7) is 0. The number of carbonyl (C=O) groups is 4. The summed E-state index contributed by atoms with van der Waals surface area (Å²) in [7, 11) is 1.49. The van der Waals surface area contributed by atoms with Crippen LogP contribution in [-0.2, 0) is 19.2 Å². The van der Waals surface area contributed by atoms with Crippen molar-refractivity contribution in [3.8, 4) is 0 Å². The Labute approximate surface area is 192 Å². The Morgan fingerprint density at radius 1 is 0.594 bits per heavy atom. The minimum Gasteiger partial charge on any atom is -0.481 e. The quantitative estimate of drug-likeness (QED) is 0.178. The monoisotopic (exact) mass is 456 g/mol. The molecule has 0 aromatic carbocycles. The molecular formula is C24H44N2O6. The average Bonchev–Trinajstić information content (AvgIpc) is 2.75. The predicted octanol–water partition coefficient (Wildman–Crippen LogP) is 4.41. The van der Waals surface area contributed by atoms with Crippen molar-refractivity contribution >= 4 is 23.8 Å². The molecule has 0 spiro atoms. The van der Waals surface area contributed by atoms with E-state index in [-0.39, 0.29) is 24.7 Å². The molecule has 4 N–H and O–H groups in total. The van der Waals surface area contributed by atoms with Gasteiger partial charge in [-0.25, -0.2) is 4.79 Å². The second-order valence-corrected chi connectivity index (χ2v) is 8.51. The number of hydrogen-bond acceptors (Lipinski definition) is 4. The second-order valence-electron chi connectivity index (χ2n) is 8.51. The lowest BCUT2D eigenvalue weighted by Crippen LogP contribution is -2.41. The van der Waals surface area contributed by atoms with Crippen molar-refractivity contribution in [1.29, 1.82) is 0 Å². The molecule has 8 nitrogen and oxygen atoms in total. The maximum Gasteiger partial charge on any atom is 0.326 e. The summed E-state index contributed by atoms with van der Waals surface area (Å²) in [4.78, 5) is 44.8. The Bertz CT molecular complexity index is 539. The number of amides is 2. The average molecular weight is 457 g/mol. The lowest BCUT2D eigenvalue weighted by molar-refractivity contribution is -0.142. The van der Waals surface area contributed by atoms with E-state index in [0.717, 1.165) is 44.9 Å². The van der Waals surface area contributed by atoms with E-state index in [0.29, 0.717) is 12.8 Å². The molecule has 0 bridgehead atoms. The molecule has 0 aromatic heterocycles. The Balaban J connectivity index is 3.48. The smallest absolute Gasteiger partial charge is 0.326 e. The lowest BCUT2D eigenvalue weighted by Gasteiger charge is -2.14. The molecule has 0 aromatic rings. The lowest BCUT2D eigenvalue weighted by atomic mass is 10.0. The van der Waals surface area contributed by atoms with Crippen LogP contribution in [0.4, 0.5) is 0 Å². The number of carboxylic acid groups (broad SMARTS) is 2. The summed E-state index contributed by atoms with van der Waals surface area (Å²) < 4.78 is 0. The van der Waals surface area contributed by atoms with Crippen LogP contribution in [0.2, 0.25) is 0 Å². The highest BCUT2D eigenvalue weighted by Gasteiger charge is 2.20. The van der Waals surface area contributed by atoms with Crippen LogP contribution in [0.5, 0.6) is 0 Å². The van der Waals surface area contributed by atoms with Crippen LogP contribution in [0.3, 0.4) is 0 Å². The molecule has 8 heteroatoms. The van der Waals surface area contributed by atoms with Crippen molar-refractivity contribution in [3.63, 3.8) is 0 Å². The largest absolute Gasteiger partial charge is 0.481 e. The van der Waals surface area contributed by atoms with Gasteiger partial charge in [0.05, 0.1) is 0 Å². The van der Waals surface area contributed by atoms with Crippen LogP contribution >= 0.6 is 0 Å². The summed E-state index contributed by atoms with van der Waals surface area (Å²) >= 11 is 0. The van der Waals surface area contributed by atoms with Crippen LogP contribution in [0.1, 0.15) is 116 Å². The highest BCUT2D eigenvalue weighted by atomic mass is 16.4. The van der Waals surface area contributed by atoms with Crippen molar-refractivity contribution in [2.45, 2.75) is 122 Å². The molecular weight excluding hydrogens is 412 g/mol. The van der Waals surface area contributed by atoms with Crippen LogP contribution in [-0.4, -0.2) is 47.1 Å². The van der Waals surface area contributed by atoms with Crippen molar-refractivity contribution < 1.29 is 29.4 Å². The number of carboxylic acids is 2. The number of aliphatic carboxylic acids is 2. The summed E-state index contributed by atoms with van der Waals surface area (Å²) in [6, 6.07) is -1.02. The van der Waals surface area contributed by atoms with Crippen molar-refractivity contribution in [2.75, 3.05) is 7.05 Å². The van der Waals surface area contributed by atoms with E-state index < -0.39 is 18.0 Å². The van der Waals surface area contributed by atoms with Gasteiger partial charge in [-0.05, 0) is 19.3 Å². The maximum absolute atomic E-state index is 11.9. The molecule has 0 rings (SSSR count). The third kappa shape index (κ3) is 19.8. The van der Waals surface area contributed by atoms with Crippen molar-refractivity contribution in [2.24, 2.45) is 0 Å². The van der Waals surface area contributed by atoms with Gasteiger partial charge in [0.1, 0.15) is 6.04 Å². The maximum atomic E-state index is 11.9. The van der Waals surface area contributed by atoms with Gasteiger partial charge in [0, 0.05) is 26.3 Å². The van der Waals surface area contributed by atoms with E-state index in [1.807, 2.05) is 0 Å². The molecule has 0 heterocycles. The second kappa shape index (κ2) is 20.8. The molecule has 32 heavy (non-hydrogen) atoms. The zero-order chi connectivity index (χ0) is 24.0. The summed E-state index contributed by atoms with van der Waals surface area (Å²) in [5, 5.41) is 22.7. The van der Waals surface area contributed by atoms with Crippen molar-refractivity contribution in [3.05, 3.63) is 0 Å².